The number of hydrogen-bond acceptors (Lipinski definition) is 3. The highest BCUT2D eigenvalue weighted by molar-refractivity contribution is 5.98. The van der Waals surface area contributed by atoms with Gasteiger partial charge >= 0.3 is 0 Å². The molecule has 1 unspecified atom stereocenters. The number of carbonyl (C=O) groups excluding carboxylic acids is 1. The summed E-state index contributed by atoms with van der Waals surface area (Å²) in [5.74, 6) is 1.33. The van der Waals surface area contributed by atoms with E-state index in [4.69, 9.17) is 9.47 Å². The van der Waals surface area contributed by atoms with Gasteiger partial charge in [-0.15, -0.1) is 0 Å². The van der Waals surface area contributed by atoms with Gasteiger partial charge in [0.15, 0.2) is 0 Å². The first-order chi connectivity index (χ1) is 12.2. The molecule has 1 atom stereocenters. The number of nitrogens with one attached hydrogen (secondary N) is 1. The third-order valence-electron chi connectivity index (χ3n) is 4.78. The van der Waals surface area contributed by atoms with Crippen LogP contribution in [-0.4, -0.2) is 20.1 Å². The van der Waals surface area contributed by atoms with E-state index in [1.54, 1.807) is 14.2 Å². The van der Waals surface area contributed by atoms with Crippen LogP contribution < -0.4 is 14.8 Å². The molecule has 3 aromatic carbocycles. The maximum absolute atomic E-state index is 12.4. The smallest absolute Gasteiger partial charge is 0.225 e. The molecule has 1 aliphatic rings. The highest BCUT2D eigenvalue weighted by Crippen LogP contribution is 2.46. The molecule has 1 N–H and O–H groups in total. The number of amides is 1. The predicted octanol–water partition coefficient (Wildman–Crippen LogP) is 4.33. The van der Waals surface area contributed by atoms with Crippen LogP contribution in [0.3, 0.4) is 0 Å². The topological polar surface area (TPSA) is 47.6 Å². The third kappa shape index (κ3) is 2.60. The van der Waals surface area contributed by atoms with Crippen molar-refractivity contribution in [3.63, 3.8) is 0 Å². The van der Waals surface area contributed by atoms with Gasteiger partial charge in [0, 0.05) is 30.0 Å². The van der Waals surface area contributed by atoms with Crippen LogP contribution in [0.4, 0.5) is 5.69 Å². The molecule has 0 saturated heterocycles. The Balaban J connectivity index is 1.97. The normalized spacial score (nSPS) is 16.2. The summed E-state index contributed by atoms with van der Waals surface area (Å²) in [6, 6.07) is 18.2. The van der Waals surface area contributed by atoms with Crippen LogP contribution >= 0.6 is 0 Å². The quantitative estimate of drug-likeness (QED) is 0.776. The van der Waals surface area contributed by atoms with Crippen molar-refractivity contribution in [3.8, 4) is 11.5 Å². The largest absolute Gasteiger partial charge is 0.497 e. The summed E-state index contributed by atoms with van der Waals surface area (Å²) < 4.78 is 11.0. The van der Waals surface area contributed by atoms with E-state index in [1.807, 2.05) is 30.3 Å². The first kappa shape index (κ1) is 15.5. The molecule has 0 saturated carbocycles. The number of fused-ring (bicyclic) bond motifs is 2. The molecule has 25 heavy (non-hydrogen) atoms. The molecule has 4 rings (SSSR count). The average Bonchev–Trinajstić information content (AvgIpc) is 2.65. The number of ether oxygens (including phenoxy) is 2. The van der Waals surface area contributed by atoms with Crippen LogP contribution in [0.15, 0.2) is 54.6 Å². The fraction of sp³-hybridized carbons (Fsp3) is 0.190. The number of hydrogen-bond donors (Lipinski definition) is 1. The monoisotopic (exact) mass is 333 g/mol. The van der Waals surface area contributed by atoms with Gasteiger partial charge in [0.05, 0.1) is 19.9 Å². The van der Waals surface area contributed by atoms with E-state index < -0.39 is 0 Å². The number of anilines is 1. The van der Waals surface area contributed by atoms with Crippen molar-refractivity contribution in [1.82, 2.24) is 0 Å². The van der Waals surface area contributed by atoms with Gasteiger partial charge in [-0.3, -0.25) is 4.79 Å². The van der Waals surface area contributed by atoms with Gasteiger partial charge in [-0.2, -0.15) is 0 Å². The molecule has 0 spiro atoms. The summed E-state index contributed by atoms with van der Waals surface area (Å²) in [6.45, 7) is 0. The average molecular weight is 333 g/mol. The van der Waals surface area contributed by atoms with Crippen molar-refractivity contribution >= 4 is 22.4 Å². The Labute approximate surface area is 146 Å². The van der Waals surface area contributed by atoms with Gasteiger partial charge in [-0.05, 0) is 16.3 Å². The standard InChI is InChI=1S/C21H19NO3/c1-24-14-10-18-21(19(11-14)25-2)17(12-20(23)22-18)16-9-5-7-13-6-3-4-8-15(13)16/h3-11,17H,12H2,1-2H3,(H,22,23). The lowest BCUT2D eigenvalue weighted by molar-refractivity contribution is -0.116. The number of methoxy groups -OCH3 is 2. The van der Waals surface area contributed by atoms with Crippen molar-refractivity contribution in [2.75, 3.05) is 19.5 Å². The summed E-state index contributed by atoms with van der Waals surface area (Å²) in [5, 5.41) is 5.29. The van der Waals surface area contributed by atoms with E-state index in [1.165, 1.54) is 5.39 Å². The van der Waals surface area contributed by atoms with Crippen molar-refractivity contribution in [2.24, 2.45) is 0 Å². The Bertz CT molecular complexity index is 959. The highest BCUT2D eigenvalue weighted by atomic mass is 16.5. The first-order valence-electron chi connectivity index (χ1n) is 8.24. The second-order valence-electron chi connectivity index (χ2n) is 6.16. The van der Waals surface area contributed by atoms with Crippen LogP contribution in [0.5, 0.6) is 11.5 Å². The molecule has 4 heteroatoms. The van der Waals surface area contributed by atoms with Crippen molar-refractivity contribution < 1.29 is 14.3 Å². The third-order valence-corrected chi connectivity index (χ3v) is 4.78. The Kier molecular flexibility index (Phi) is 3.80. The lowest BCUT2D eigenvalue weighted by atomic mass is 9.82. The molecule has 0 bridgehead atoms. The van der Waals surface area contributed by atoms with Gasteiger partial charge in [-0.1, -0.05) is 42.5 Å². The Morgan fingerprint density at radius 2 is 1.80 bits per heavy atom. The highest BCUT2D eigenvalue weighted by Gasteiger charge is 2.31. The Morgan fingerprint density at radius 3 is 2.60 bits per heavy atom. The molecule has 0 radical (unpaired) electrons. The molecule has 126 valence electrons. The van der Waals surface area contributed by atoms with E-state index in [0.29, 0.717) is 12.2 Å². The minimum Gasteiger partial charge on any atom is -0.497 e. The first-order valence-corrected chi connectivity index (χ1v) is 8.24. The maximum atomic E-state index is 12.4. The fourth-order valence-electron chi connectivity index (χ4n) is 3.66. The van der Waals surface area contributed by atoms with Crippen molar-refractivity contribution in [3.05, 3.63) is 65.7 Å². The minimum atomic E-state index is -0.0595. The fourth-order valence-corrected chi connectivity index (χ4v) is 3.66. The molecule has 3 aromatic rings. The van der Waals surface area contributed by atoms with Crippen LogP contribution in [0.25, 0.3) is 10.8 Å². The molecule has 1 aliphatic heterocycles. The van der Waals surface area contributed by atoms with E-state index >= 15 is 0 Å². The molecule has 0 fully saturated rings. The minimum absolute atomic E-state index is 0.000685. The van der Waals surface area contributed by atoms with Gasteiger partial charge in [0.25, 0.3) is 0 Å². The van der Waals surface area contributed by atoms with Crippen molar-refractivity contribution in [2.45, 2.75) is 12.3 Å². The summed E-state index contributed by atoms with van der Waals surface area (Å²) in [6.07, 6.45) is 0.393. The summed E-state index contributed by atoms with van der Waals surface area (Å²) in [5.41, 5.74) is 2.89. The number of rotatable bonds is 3. The van der Waals surface area contributed by atoms with E-state index in [0.717, 1.165) is 28.0 Å². The SMILES string of the molecule is COc1cc2c(c(OC)c1)C(c1cccc3ccccc13)CC(=O)N2. The summed E-state index contributed by atoms with van der Waals surface area (Å²) in [7, 11) is 3.25. The summed E-state index contributed by atoms with van der Waals surface area (Å²) >= 11 is 0. The lowest BCUT2D eigenvalue weighted by Crippen LogP contribution is -2.24. The Morgan fingerprint density at radius 1 is 1.00 bits per heavy atom. The van der Waals surface area contributed by atoms with E-state index in [-0.39, 0.29) is 11.8 Å². The molecule has 1 amide bonds. The van der Waals surface area contributed by atoms with E-state index in [9.17, 15) is 4.79 Å². The van der Waals surface area contributed by atoms with Gasteiger partial charge in [0.2, 0.25) is 5.91 Å². The second-order valence-corrected chi connectivity index (χ2v) is 6.16. The Hall–Kier alpha value is -3.01. The number of carbonyl (C=O) groups is 1. The van der Waals surface area contributed by atoms with Crippen molar-refractivity contribution in [1.29, 1.82) is 0 Å². The molecule has 0 aromatic heterocycles. The predicted molar refractivity (Wildman–Crippen MR) is 98.6 cm³/mol. The molecule has 0 aliphatic carbocycles. The van der Waals surface area contributed by atoms with Gasteiger partial charge < -0.3 is 14.8 Å². The zero-order chi connectivity index (χ0) is 17.4. The molecule has 1 heterocycles. The molecule has 4 nitrogen and oxygen atoms in total. The lowest BCUT2D eigenvalue weighted by Gasteiger charge is -2.29. The van der Waals surface area contributed by atoms with Crippen LogP contribution in [0, 0.1) is 0 Å². The molecular formula is C21H19NO3. The van der Waals surface area contributed by atoms with Crippen LogP contribution in [-0.2, 0) is 4.79 Å². The van der Waals surface area contributed by atoms with Gasteiger partial charge in [-0.25, -0.2) is 0 Å². The van der Waals surface area contributed by atoms with Crippen LogP contribution in [0.1, 0.15) is 23.5 Å². The van der Waals surface area contributed by atoms with Gasteiger partial charge in [0.1, 0.15) is 11.5 Å². The zero-order valence-electron chi connectivity index (χ0n) is 14.2. The zero-order valence-corrected chi connectivity index (χ0v) is 14.2. The van der Waals surface area contributed by atoms with E-state index in [2.05, 4.69) is 29.6 Å². The second kappa shape index (κ2) is 6.13. The summed E-state index contributed by atoms with van der Waals surface area (Å²) in [4.78, 5) is 12.4. The molecular weight excluding hydrogens is 314 g/mol. The number of benzene rings is 3. The maximum Gasteiger partial charge on any atom is 0.225 e. The van der Waals surface area contributed by atoms with Crippen LogP contribution in [0.2, 0.25) is 0 Å².